The molecule has 0 spiro atoms. The fourth-order valence-corrected chi connectivity index (χ4v) is 1.47. The minimum absolute atomic E-state index is 0.511. The van der Waals surface area contributed by atoms with Gasteiger partial charge in [0.25, 0.3) is 0 Å². The smallest absolute Gasteiger partial charge is 0.149 e. The van der Waals surface area contributed by atoms with E-state index in [-0.39, 0.29) is 0 Å². The molecular formula is C12H12N4. The van der Waals surface area contributed by atoms with Crippen molar-refractivity contribution < 1.29 is 0 Å². The summed E-state index contributed by atoms with van der Waals surface area (Å²) < 4.78 is 0. The third kappa shape index (κ3) is 1.92. The Balaban J connectivity index is 2.48. The van der Waals surface area contributed by atoms with E-state index in [4.69, 9.17) is 11.3 Å². The monoisotopic (exact) mass is 212 g/mol. The maximum absolute atomic E-state index is 7.20. The van der Waals surface area contributed by atoms with Crippen molar-refractivity contribution in [2.24, 2.45) is 5.84 Å². The van der Waals surface area contributed by atoms with Crippen molar-refractivity contribution in [2.75, 3.05) is 5.43 Å². The summed E-state index contributed by atoms with van der Waals surface area (Å²) in [4.78, 5) is 4.34. The quantitative estimate of drug-likeness (QED) is 0.414. The second-order valence-electron chi connectivity index (χ2n) is 3.29. The predicted molar refractivity (Wildman–Crippen MR) is 65.4 cm³/mol. The topological polar surface area (TPSA) is 74.8 Å². The zero-order chi connectivity index (χ0) is 11.4. The molecule has 0 saturated heterocycles. The molecule has 4 nitrogen and oxygen atoms in total. The van der Waals surface area contributed by atoms with Gasteiger partial charge < -0.3 is 10.8 Å². The molecule has 1 aromatic heterocycles. The molecular weight excluding hydrogens is 200 g/mol. The molecule has 80 valence electrons. The van der Waals surface area contributed by atoms with Crippen molar-refractivity contribution in [2.45, 2.75) is 0 Å². The number of hydrogen-bond donors (Lipinski definition) is 3. The van der Waals surface area contributed by atoms with Gasteiger partial charge in [0, 0.05) is 17.3 Å². The zero-order valence-electron chi connectivity index (χ0n) is 8.64. The number of nitrogens with zero attached hydrogens (tertiary/aromatic N) is 1. The third-order valence-electron chi connectivity index (χ3n) is 2.29. The molecule has 0 fully saturated rings. The van der Waals surface area contributed by atoms with E-state index in [1.54, 1.807) is 0 Å². The molecule has 0 aliphatic rings. The SMILES string of the molecule is N=Cc1ccc(-c2ccccc2)nc1NN. The second kappa shape index (κ2) is 4.55. The normalized spacial score (nSPS) is 9.81. The molecule has 0 atom stereocenters. The molecule has 1 heterocycles. The van der Waals surface area contributed by atoms with E-state index in [9.17, 15) is 0 Å². The summed E-state index contributed by atoms with van der Waals surface area (Å²) in [5.74, 6) is 5.87. The summed E-state index contributed by atoms with van der Waals surface area (Å²) in [6, 6.07) is 13.5. The molecule has 0 radical (unpaired) electrons. The first-order valence-corrected chi connectivity index (χ1v) is 4.88. The van der Waals surface area contributed by atoms with E-state index in [2.05, 4.69) is 10.4 Å². The van der Waals surface area contributed by atoms with Crippen LogP contribution in [0.15, 0.2) is 42.5 Å². The lowest BCUT2D eigenvalue weighted by Crippen LogP contribution is -2.11. The molecule has 0 amide bonds. The molecule has 16 heavy (non-hydrogen) atoms. The lowest BCUT2D eigenvalue weighted by molar-refractivity contribution is 1.22. The van der Waals surface area contributed by atoms with Gasteiger partial charge in [-0.05, 0) is 12.1 Å². The summed E-state index contributed by atoms with van der Waals surface area (Å²) in [5.41, 5.74) is 5.02. The summed E-state index contributed by atoms with van der Waals surface area (Å²) in [6.45, 7) is 0. The number of hydrazine groups is 1. The lowest BCUT2D eigenvalue weighted by Gasteiger charge is -2.06. The molecule has 0 bridgehead atoms. The van der Waals surface area contributed by atoms with Gasteiger partial charge in [0.1, 0.15) is 5.82 Å². The van der Waals surface area contributed by atoms with Gasteiger partial charge in [0.05, 0.1) is 5.69 Å². The number of nitrogens with two attached hydrogens (primary N) is 1. The van der Waals surface area contributed by atoms with Crippen molar-refractivity contribution in [3.05, 3.63) is 48.0 Å². The first-order valence-electron chi connectivity index (χ1n) is 4.88. The van der Waals surface area contributed by atoms with Crippen LogP contribution in [0.2, 0.25) is 0 Å². The molecule has 2 aromatic rings. The van der Waals surface area contributed by atoms with Gasteiger partial charge in [-0.15, -0.1) is 0 Å². The lowest BCUT2D eigenvalue weighted by atomic mass is 10.1. The molecule has 0 saturated carbocycles. The fourth-order valence-electron chi connectivity index (χ4n) is 1.47. The summed E-state index contributed by atoms with van der Waals surface area (Å²) >= 11 is 0. The minimum Gasteiger partial charge on any atom is -0.308 e. The van der Waals surface area contributed by atoms with E-state index in [0.29, 0.717) is 11.4 Å². The molecule has 0 unspecified atom stereocenters. The highest BCUT2D eigenvalue weighted by atomic mass is 15.2. The highest BCUT2D eigenvalue weighted by molar-refractivity contribution is 5.85. The average Bonchev–Trinajstić information content (AvgIpc) is 2.39. The van der Waals surface area contributed by atoms with Gasteiger partial charge in [0.2, 0.25) is 0 Å². The van der Waals surface area contributed by atoms with Crippen molar-refractivity contribution in [1.29, 1.82) is 5.41 Å². The molecule has 1 aromatic carbocycles. The van der Waals surface area contributed by atoms with Crippen molar-refractivity contribution in [3.63, 3.8) is 0 Å². The Bertz CT molecular complexity index is 494. The summed E-state index contributed by atoms with van der Waals surface area (Å²) in [7, 11) is 0. The van der Waals surface area contributed by atoms with Crippen LogP contribution in [0.4, 0.5) is 5.82 Å². The highest BCUT2D eigenvalue weighted by Gasteiger charge is 2.03. The van der Waals surface area contributed by atoms with Crippen LogP contribution in [0.1, 0.15) is 5.56 Å². The van der Waals surface area contributed by atoms with Crippen LogP contribution >= 0.6 is 0 Å². The number of benzene rings is 1. The number of anilines is 1. The van der Waals surface area contributed by atoms with Crippen LogP contribution < -0.4 is 11.3 Å². The predicted octanol–water partition coefficient (Wildman–Crippen LogP) is 2.03. The number of pyridine rings is 1. The van der Waals surface area contributed by atoms with Crippen molar-refractivity contribution in [1.82, 2.24) is 4.98 Å². The van der Waals surface area contributed by atoms with Crippen LogP contribution in [0, 0.1) is 5.41 Å². The summed E-state index contributed by atoms with van der Waals surface area (Å²) in [5, 5.41) is 7.20. The Hall–Kier alpha value is -2.20. The van der Waals surface area contributed by atoms with E-state index < -0.39 is 0 Å². The molecule has 0 aliphatic heterocycles. The molecule has 4 heteroatoms. The Morgan fingerprint density at radius 2 is 1.88 bits per heavy atom. The summed E-state index contributed by atoms with van der Waals surface area (Å²) in [6.07, 6.45) is 1.22. The van der Waals surface area contributed by atoms with Gasteiger partial charge in [-0.2, -0.15) is 0 Å². The first-order chi connectivity index (χ1) is 7.85. The number of hydrogen-bond acceptors (Lipinski definition) is 4. The Morgan fingerprint density at radius 1 is 1.12 bits per heavy atom. The highest BCUT2D eigenvalue weighted by Crippen LogP contribution is 2.20. The van der Waals surface area contributed by atoms with E-state index >= 15 is 0 Å². The van der Waals surface area contributed by atoms with Crippen LogP contribution in [-0.2, 0) is 0 Å². The number of aromatic nitrogens is 1. The largest absolute Gasteiger partial charge is 0.308 e. The van der Waals surface area contributed by atoms with Gasteiger partial charge >= 0.3 is 0 Å². The molecule has 0 aliphatic carbocycles. The Morgan fingerprint density at radius 3 is 2.50 bits per heavy atom. The maximum Gasteiger partial charge on any atom is 0.149 e. The zero-order valence-corrected chi connectivity index (χ0v) is 8.64. The molecule has 2 rings (SSSR count). The molecule has 4 N–H and O–H groups in total. The average molecular weight is 212 g/mol. The van der Waals surface area contributed by atoms with E-state index in [1.807, 2.05) is 42.5 Å². The van der Waals surface area contributed by atoms with E-state index in [1.165, 1.54) is 6.21 Å². The van der Waals surface area contributed by atoms with Crippen LogP contribution in [0.3, 0.4) is 0 Å². The Kier molecular flexibility index (Phi) is 2.93. The Labute approximate surface area is 93.6 Å². The number of nitrogens with one attached hydrogen (secondary N) is 2. The third-order valence-corrected chi connectivity index (χ3v) is 2.29. The van der Waals surface area contributed by atoms with Crippen LogP contribution in [0.25, 0.3) is 11.3 Å². The second-order valence-corrected chi connectivity index (χ2v) is 3.29. The van der Waals surface area contributed by atoms with Gasteiger partial charge in [-0.25, -0.2) is 10.8 Å². The number of rotatable bonds is 3. The van der Waals surface area contributed by atoms with Crippen LogP contribution in [0.5, 0.6) is 0 Å². The minimum atomic E-state index is 0.511. The van der Waals surface area contributed by atoms with Crippen LogP contribution in [-0.4, -0.2) is 11.2 Å². The van der Waals surface area contributed by atoms with Gasteiger partial charge in [-0.1, -0.05) is 30.3 Å². The van der Waals surface area contributed by atoms with Gasteiger partial charge in [-0.3, -0.25) is 0 Å². The van der Waals surface area contributed by atoms with E-state index in [0.717, 1.165) is 11.3 Å². The first kappa shape index (κ1) is 10.3. The standard InChI is InChI=1S/C12H12N4/c13-8-10-6-7-11(15-12(10)16-14)9-4-2-1-3-5-9/h1-8,13H,14H2,(H,15,16). The van der Waals surface area contributed by atoms with Crippen molar-refractivity contribution in [3.8, 4) is 11.3 Å². The maximum atomic E-state index is 7.20. The van der Waals surface area contributed by atoms with Gasteiger partial charge in [0.15, 0.2) is 0 Å². The van der Waals surface area contributed by atoms with Crippen molar-refractivity contribution >= 4 is 12.0 Å². The number of nitrogen functional groups attached to an aromatic ring is 1. The fraction of sp³-hybridized carbons (Fsp3) is 0.